The Kier molecular flexibility index (Phi) is 6.87. The smallest absolute Gasteiger partial charge is 0.270 e. The number of hydrogen-bond acceptors (Lipinski definition) is 3. The van der Waals surface area contributed by atoms with Gasteiger partial charge in [0.1, 0.15) is 18.0 Å². The van der Waals surface area contributed by atoms with Crippen LogP contribution in [0.2, 0.25) is 0 Å². The first-order valence-electron chi connectivity index (χ1n) is 16.4. The molecule has 0 spiro atoms. The third kappa shape index (κ3) is 4.67. The Balaban J connectivity index is 1.45. The molecule has 0 radical (unpaired) electrons. The second-order valence-electron chi connectivity index (χ2n) is 12.4. The minimum absolute atomic E-state index is 0.378. The van der Waals surface area contributed by atoms with Crippen LogP contribution in [0, 0.1) is 17.9 Å². The molecule has 0 aliphatic heterocycles. The molecule has 0 bridgehead atoms. The molecule has 230 valence electrons. The number of nitriles is 1. The molecule has 0 unspecified atom stereocenters. The Morgan fingerprint density at radius 1 is 0.440 bits per heavy atom. The second-order valence-corrected chi connectivity index (χ2v) is 12.4. The van der Waals surface area contributed by atoms with Gasteiger partial charge in [-0.15, -0.1) is 4.98 Å². The highest BCUT2D eigenvalue weighted by Crippen LogP contribution is 2.50. The van der Waals surface area contributed by atoms with Crippen molar-refractivity contribution in [1.29, 1.82) is 5.26 Å². The number of nitrogens with zero attached hydrogens (tertiary/aromatic N) is 4. The van der Waals surface area contributed by atoms with E-state index < -0.39 is 0 Å². The van der Waals surface area contributed by atoms with Gasteiger partial charge in [-0.3, -0.25) is 0 Å². The maximum absolute atomic E-state index is 9.56. The van der Waals surface area contributed by atoms with Crippen molar-refractivity contribution in [3.05, 3.63) is 175 Å². The second kappa shape index (κ2) is 11.8. The summed E-state index contributed by atoms with van der Waals surface area (Å²) < 4.78 is 0. The van der Waals surface area contributed by atoms with Crippen LogP contribution in [-0.4, -0.2) is 9.97 Å². The zero-order valence-electron chi connectivity index (χ0n) is 26.8. The molecule has 9 rings (SSSR count). The van der Waals surface area contributed by atoms with Crippen molar-refractivity contribution in [2.24, 2.45) is 0 Å². The van der Waals surface area contributed by atoms with E-state index in [0.29, 0.717) is 11.5 Å². The number of hydrogen-bond donors (Lipinski definition) is 0. The van der Waals surface area contributed by atoms with Gasteiger partial charge >= 0.3 is 0 Å². The monoisotopic (exact) mass is 634 g/mol. The highest BCUT2D eigenvalue weighted by molar-refractivity contribution is 6.36. The Labute approximate surface area is 289 Å². The SMILES string of the molecule is [C-]#[N+]c1cc(-c2cccc(-c3c4ccccc4c(-c4cccc(-c5ccnc(C#N)c5)c4)c4c5ccccc5c5ccccc5c34)c2)ccn1. The normalized spacial score (nSPS) is 11.2. The van der Waals surface area contributed by atoms with E-state index in [1.165, 1.54) is 43.4 Å². The minimum atomic E-state index is 0.378. The molecule has 0 fully saturated rings. The van der Waals surface area contributed by atoms with Crippen molar-refractivity contribution in [2.75, 3.05) is 0 Å². The lowest BCUT2D eigenvalue weighted by atomic mass is 9.81. The van der Waals surface area contributed by atoms with E-state index in [0.717, 1.165) is 44.2 Å². The van der Waals surface area contributed by atoms with Crippen molar-refractivity contribution >= 4 is 48.9 Å². The summed E-state index contributed by atoms with van der Waals surface area (Å²) in [5, 5.41) is 19.1. The Hall–Kier alpha value is -7.14. The topological polar surface area (TPSA) is 53.9 Å². The standard InChI is InChI=1S/C46H26N4/c1-48-42-27-32(21-23-50-42)30-11-9-13-34(25-30)44-41-19-7-6-18-40(41)43(33-12-8-10-29(24-33)31-20-22-49-35(26-31)28-47)45-38-16-4-2-14-36(38)37-15-3-5-17-39(37)46(44)45/h2-27H. The average molecular weight is 635 g/mol. The molecule has 4 heteroatoms. The molecule has 4 nitrogen and oxygen atoms in total. The van der Waals surface area contributed by atoms with Gasteiger partial charge in [-0.05, 0) is 124 Å². The number of pyridine rings is 2. The largest absolute Gasteiger partial charge is 0.361 e. The first-order valence-corrected chi connectivity index (χ1v) is 16.4. The zero-order valence-corrected chi connectivity index (χ0v) is 26.8. The summed E-state index contributed by atoms with van der Waals surface area (Å²) >= 11 is 0. The van der Waals surface area contributed by atoms with Crippen LogP contribution in [0.3, 0.4) is 0 Å². The molecule has 0 aliphatic rings. The van der Waals surface area contributed by atoms with Gasteiger partial charge in [0.15, 0.2) is 0 Å². The lowest BCUT2D eigenvalue weighted by molar-refractivity contribution is 1.26. The van der Waals surface area contributed by atoms with Gasteiger partial charge in [-0.2, -0.15) is 5.26 Å². The Bertz CT molecular complexity index is 2710. The molecule has 50 heavy (non-hydrogen) atoms. The highest BCUT2D eigenvalue weighted by Gasteiger charge is 2.22. The van der Waals surface area contributed by atoms with E-state index in [1.54, 1.807) is 12.4 Å². The van der Waals surface area contributed by atoms with Gasteiger partial charge < -0.3 is 4.85 Å². The number of benzene rings is 7. The summed E-state index contributed by atoms with van der Waals surface area (Å²) in [6.07, 6.45) is 3.40. The van der Waals surface area contributed by atoms with E-state index in [4.69, 9.17) is 6.57 Å². The summed E-state index contributed by atoms with van der Waals surface area (Å²) in [6, 6.07) is 53.2. The summed E-state index contributed by atoms with van der Waals surface area (Å²) in [5.41, 5.74) is 8.91. The van der Waals surface area contributed by atoms with Crippen LogP contribution in [-0.2, 0) is 0 Å². The Morgan fingerprint density at radius 3 is 1.40 bits per heavy atom. The van der Waals surface area contributed by atoms with Gasteiger partial charge in [0.2, 0.25) is 0 Å². The molecular weight excluding hydrogens is 609 g/mol. The first kappa shape index (κ1) is 29.0. The van der Waals surface area contributed by atoms with Crippen LogP contribution in [0.5, 0.6) is 0 Å². The third-order valence-electron chi connectivity index (χ3n) is 9.60. The fraction of sp³-hybridized carbons (Fsp3) is 0. The molecule has 0 aliphatic carbocycles. The van der Waals surface area contributed by atoms with Crippen molar-refractivity contribution in [1.82, 2.24) is 9.97 Å². The van der Waals surface area contributed by atoms with Crippen LogP contribution in [0.25, 0.3) is 92.4 Å². The number of rotatable bonds is 4. The van der Waals surface area contributed by atoms with Crippen molar-refractivity contribution in [2.45, 2.75) is 0 Å². The quantitative estimate of drug-likeness (QED) is 0.110. The lowest BCUT2D eigenvalue weighted by Crippen LogP contribution is -1.94. The van der Waals surface area contributed by atoms with Crippen molar-refractivity contribution in [3.8, 4) is 50.6 Å². The molecule has 0 N–H and O–H groups in total. The fourth-order valence-electron chi connectivity index (χ4n) is 7.49. The average Bonchev–Trinajstić information content (AvgIpc) is 3.20. The van der Waals surface area contributed by atoms with Gasteiger partial charge in [-0.1, -0.05) is 116 Å². The van der Waals surface area contributed by atoms with E-state index in [-0.39, 0.29) is 0 Å². The van der Waals surface area contributed by atoms with Crippen LogP contribution >= 0.6 is 0 Å². The number of aromatic nitrogens is 2. The molecule has 7 aromatic carbocycles. The molecule has 0 amide bonds. The molecule has 0 saturated carbocycles. The van der Waals surface area contributed by atoms with E-state index in [1.807, 2.05) is 24.3 Å². The van der Waals surface area contributed by atoms with Gasteiger partial charge in [-0.25, -0.2) is 4.98 Å². The fourth-order valence-corrected chi connectivity index (χ4v) is 7.49. The van der Waals surface area contributed by atoms with E-state index >= 15 is 0 Å². The maximum Gasteiger partial charge on any atom is 0.270 e. The molecule has 9 aromatic rings. The molecule has 0 atom stereocenters. The van der Waals surface area contributed by atoms with Crippen LogP contribution in [0.15, 0.2) is 158 Å². The van der Waals surface area contributed by atoms with Gasteiger partial charge in [0.25, 0.3) is 5.82 Å². The Morgan fingerprint density at radius 2 is 0.880 bits per heavy atom. The summed E-state index contributed by atoms with van der Waals surface area (Å²) in [6.45, 7) is 7.52. The predicted octanol–water partition coefficient (Wildman–Crippen LogP) is 12.2. The zero-order chi connectivity index (χ0) is 33.6. The molecule has 0 saturated heterocycles. The molecule has 2 heterocycles. The summed E-state index contributed by atoms with van der Waals surface area (Å²) in [5.74, 6) is 0.378. The molecular formula is C46H26N4. The summed E-state index contributed by atoms with van der Waals surface area (Å²) in [4.78, 5) is 12.0. The number of fused-ring (bicyclic) bond motifs is 7. The summed E-state index contributed by atoms with van der Waals surface area (Å²) in [7, 11) is 0. The van der Waals surface area contributed by atoms with Crippen LogP contribution in [0.1, 0.15) is 5.69 Å². The van der Waals surface area contributed by atoms with Crippen molar-refractivity contribution in [3.63, 3.8) is 0 Å². The third-order valence-corrected chi connectivity index (χ3v) is 9.60. The van der Waals surface area contributed by atoms with Crippen LogP contribution in [0.4, 0.5) is 5.82 Å². The first-order chi connectivity index (χ1) is 24.7. The van der Waals surface area contributed by atoms with Crippen LogP contribution < -0.4 is 0 Å². The van der Waals surface area contributed by atoms with Crippen molar-refractivity contribution < 1.29 is 0 Å². The molecule has 2 aromatic heterocycles. The van der Waals surface area contributed by atoms with Gasteiger partial charge in [0.05, 0.1) is 0 Å². The van der Waals surface area contributed by atoms with E-state index in [2.05, 4.69) is 142 Å². The maximum atomic E-state index is 9.56. The minimum Gasteiger partial charge on any atom is -0.361 e. The van der Waals surface area contributed by atoms with E-state index in [9.17, 15) is 5.26 Å². The lowest BCUT2D eigenvalue weighted by Gasteiger charge is -2.22. The van der Waals surface area contributed by atoms with Gasteiger partial charge in [0, 0.05) is 6.20 Å². The highest BCUT2D eigenvalue weighted by atomic mass is 14.8. The predicted molar refractivity (Wildman–Crippen MR) is 205 cm³/mol.